The smallest absolute Gasteiger partial charge is 0.256 e. The van der Waals surface area contributed by atoms with Gasteiger partial charge in [-0.15, -0.1) is 0 Å². The first-order valence-corrected chi connectivity index (χ1v) is 9.67. The fraction of sp³-hybridized carbons (Fsp3) is 0.500. The number of benzene rings is 1. The summed E-state index contributed by atoms with van der Waals surface area (Å²) >= 11 is 6.14. The maximum Gasteiger partial charge on any atom is 0.256 e. The van der Waals surface area contributed by atoms with E-state index in [0.29, 0.717) is 17.7 Å². The second kappa shape index (κ2) is 8.33. The van der Waals surface area contributed by atoms with Crippen LogP contribution in [0.5, 0.6) is 0 Å². The lowest BCUT2D eigenvalue weighted by molar-refractivity contribution is -0.112. The van der Waals surface area contributed by atoms with Gasteiger partial charge in [-0.3, -0.25) is 14.7 Å². The van der Waals surface area contributed by atoms with Gasteiger partial charge in [-0.25, -0.2) is 0 Å². The highest BCUT2D eigenvalue weighted by Gasteiger charge is 2.27. The number of dihydropyridines is 1. The molecule has 2 heterocycles. The van der Waals surface area contributed by atoms with Crippen LogP contribution in [0.4, 0.5) is 5.69 Å². The Bertz CT molecular complexity index is 721. The first-order chi connectivity index (χ1) is 12.5. The standard InChI is InChI=1S/C20H27ClN4O/c1-4-15-9-17(6-7-18(15)21)24-20(26)16-5-8-19(22-10-16)25-11-13(2)23-14(3)12-25/h5-7,9-10,13-14,19,23H,4,8,11-12H2,1-3H3,(H,24,26). The molecule has 3 unspecified atom stereocenters. The molecule has 0 bridgehead atoms. The third-order valence-electron chi connectivity index (χ3n) is 4.89. The zero-order chi connectivity index (χ0) is 18.7. The lowest BCUT2D eigenvalue weighted by Crippen LogP contribution is -2.56. The van der Waals surface area contributed by atoms with Crippen molar-refractivity contribution in [3.8, 4) is 0 Å². The Morgan fingerprint density at radius 3 is 2.69 bits per heavy atom. The van der Waals surface area contributed by atoms with Crippen LogP contribution in [0, 0.1) is 0 Å². The van der Waals surface area contributed by atoms with Crippen LogP contribution in [-0.4, -0.2) is 48.4 Å². The third-order valence-corrected chi connectivity index (χ3v) is 5.26. The minimum absolute atomic E-state index is 0.126. The largest absolute Gasteiger partial charge is 0.322 e. The van der Waals surface area contributed by atoms with Gasteiger partial charge in [0, 0.05) is 48.5 Å². The summed E-state index contributed by atoms with van der Waals surface area (Å²) in [5.74, 6) is -0.126. The van der Waals surface area contributed by atoms with E-state index in [1.54, 1.807) is 6.21 Å². The van der Waals surface area contributed by atoms with Crippen molar-refractivity contribution in [2.75, 3.05) is 18.4 Å². The van der Waals surface area contributed by atoms with E-state index in [1.807, 2.05) is 31.2 Å². The van der Waals surface area contributed by atoms with Crippen LogP contribution in [0.15, 0.2) is 34.8 Å². The number of aliphatic imine (C=N–C) groups is 1. The Labute approximate surface area is 160 Å². The Morgan fingerprint density at radius 2 is 2.08 bits per heavy atom. The summed E-state index contributed by atoms with van der Waals surface area (Å²) in [6.07, 6.45) is 5.41. The molecule has 2 aliphatic rings. The maximum absolute atomic E-state index is 12.5. The molecule has 2 N–H and O–H groups in total. The van der Waals surface area contributed by atoms with E-state index >= 15 is 0 Å². The topological polar surface area (TPSA) is 56.7 Å². The lowest BCUT2D eigenvalue weighted by Gasteiger charge is -2.39. The molecule has 0 radical (unpaired) electrons. The number of carbonyl (C=O) groups is 1. The molecule has 3 rings (SSSR count). The predicted molar refractivity (Wildman–Crippen MR) is 108 cm³/mol. The SMILES string of the molecule is CCc1cc(NC(=O)C2=CCC(N3CC(C)NC(C)C3)N=C2)ccc1Cl. The van der Waals surface area contributed by atoms with Crippen LogP contribution in [0.3, 0.4) is 0 Å². The fourth-order valence-electron chi connectivity index (χ4n) is 3.65. The second-order valence-electron chi connectivity index (χ2n) is 7.19. The molecule has 1 saturated heterocycles. The molecule has 140 valence electrons. The van der Waals surface area contributed by atoms with E-state index in [0.717, 1.165) is 42.2 Å². The summed E-state index contributed by atoms with van der Waals surface area (Å²) in [5, 5.41) is 7.20. The molecule has 1 aromatic carbocycles. The van der Waals surface area contributed by atoms with Crippen molar-refractivity contribution < 1.29 is 4.79 Å². The van der Waals surface area contributed by atoms with E-state index in [-0.39, 0.29) is 12.1 Å². The summed E-state index contributed by atoms with van der Waals surface area (Å²) < 4.78 is 0. The number of carbonyl (C=O) groups excluding carboxylic acids is 1. The minimum atomic E-state index is -0.126. The number of aryl methyl sites for hydroxylation is 1. The Hall–Kier alpha value is -1.69. The average molecular weight is 375 g/mol. The van der Waals surface area contributed by atoms with Gasteiger partial charge in [0.25, 0.3) is 5.91 Å². The fourth-order valence-corrected chi connectivity index (χ4v) is 3.90. The van der Waals surface area contributed by atoms with Gasteiger partial charge in [0.15, 0.2) is 0 Å². The number of halogens is 1. The van der Waals surface area contributed by atoms with Crippen molar-refractivity contribution in [1.29, 1.82) is 0 Å². The molecule has 3 atom stereocenters. The number of amides is 1. The number of hydrogen-bond donors (Lipinski definition) is 2. The number of piperazine rings is 1. The Morgan fingerprint density at radius 1 is 1.35 bits per heavy atom. The number of anilines is 1. The Balaban J connectivity index is 1.60. The summed E-state index contributed by atoms with van der Waals surface area (Å²) in [4.78, 5) is 19.5. The molecular formula is C20H27ClN4O. The molecule has 1 amide bonds. The van der Waals surface area contributed by atoms with E-state index < -0.39 is 0 Å². The van der Waals surface area contributed by atoms with Crippen molar-refractivity contribution in [3.05, 3.63) is 40.4 Å². The van der Waals surface area contributed by atoms with Crippen molar-refractivity contribution in [2.45, 2.75) is 51.9 Å². The zero-order valence-corrected chi connectivity index (χ0v) is 16.4. The minimum Gasteiger partial charge on any atom is -0.322 e. The highest BCUT2D eigenvalue weighted by atomic mass is 35.5. The van der Waals surface area contributed by atoms with Gasteiger partial charge in [-0.1, -0.05) is 24.6 Å². The number of nitrogens with zero attached hydrogens (tertiary/aromatic N) is 2. The quantitative estimate of drug-likeness (QED) is 0.850. The third kappa shape index (κ3) is 4.53. The second-order valence-corrected chi connectivity index (χ2v) is 7.60. The zero-order valence-electron chi connectivity index (χ0n) is 15.6. The van der Waals surface area contributed by atoms with Crippen LogP contribution in [-0.2, 0) is 11.2 Å². The van der Waals surface area contributed by atoms with Crippen molar-refractivity contribution in [2.24, 2.45) is 4.99 Å². The van der Waals surface area contributed by atoms with Gasteiger partial charge >= 0.3 is 0 Å². The van der Waals surface area contributed by atoms with Gasteiger partial charge < -0.3 is 10.6 Å². The average Bonchev–Trinajstić information content (AvgIpc) is 2.62. The van der Waals surface area contributed by atoms with E-state index in [2.05, 4.69) is 34.4 Å². The van der Waals surface area contributed by atoms with Crippen LogP contribution < -0.4 is 10.6 Å². The van der Waals surface area contributed by atoms with Crippen LogP contribution in [0.1, 0.15) is 32.8 Å². The van der Waals surface area contributed by atoms with Crippen LogP contribution in [0.25, 0.3) is 0 Å². The highest BCUT2D eigenvalue weighted by Crippen LogP contribution is 2.22. The first kappa shape index (κ1) is 19.1. The molecule has 26 heavy (non-hydrogen) atoms. The molecular weight excluding hydrogens is 348 g/mol. The Kier molecular flexibility index (Phi) is 6.12. The summed E-state index contributed by atoms with van der Waals surface area (Å²) in [5.41, 5.74) is 2.40. The van der Waals surface area contributed by atoms with Gasteiger partial charge in [0.2, 0.25) is 0 Å². The van der Waals surface area contributed by atoms with E-state index in [9.17, 15) is 4.79 Å². The van der Waals surface area contributed by atoms with Crippen LogP contribution >= 0.6 is 11.6 Å². The molecule has 0 aromatic heterocycles. The monoisotopic (exact) mass is 374 g/mol. The van der Waals surface area contributed by atoms with Crippen molar-refractivity contribution in [1.82, 2.24) is 10.2 Å². The summed E-state index contributed by atoms with van der Waals surface area (Å²) in [6, 6.07) is 6.49. The summed E-state index contributed by atoms with van der Waals surface area (Å²) in [6.45, 7) is 8.39. The van der Waals surface area contributed by atoms with Gasteiger partial charge in [-0.2, -0.15) is 0 Å². The molecule has 2 aliphatic heterocycles. The molecule has 1 fully saturated rings. The molecule has 0 saturated carbocycles. The first-order valence-electron chi connectivity index (χ1n) is 9.29. The van der Waals surface area contributed by atoms with E-state index in [4.69, 9.17) is 11.6 Å². The molecule has 1 aromatic rings. The molecule has 6 heteroatoms. The maximum atomic E-state index is 12.5. The number of rotatable bonds is 4. The molecule has 0 aliphatic carbocycles. The highest BCUT2D eigenvalue weighted by molar-refractivity contribution is 6.31. The van der Waals surface area contributed by atoms with E-state index in [1.165, 1.54) is 0 Å². The normalized spacial score (nSPS) is 26.5. The van der Waals surface area contributed by atoms with Gasteiger partial charge in [0.1, 0.15) is 6.17 Å². The number of hydrogen-bond acceptors (Lipinski definition) is 4. The number of nitrogens with one attached hydrogen (secondary N) is 2. The van der Waals surface area contributed by atoms with Gasteiger partial charge in [-0.05, 0) is 44.0 Å². The van der Waals surface area contributed by atoms with Gasteiger partial charge in [0.05, 0.1) is 5.57 Å². The van der Waals surface area contributed by atoms with Crippen molar-refractivity contribution in [3.63, 3.8) is 0 Å². The summed E-state index contributed by atoms with van der Waals surface area (Å²) in [7, 11) is 0. The lowest BCUT2D eigenvalue weighted by atomic mass is 10.1. The predicted octanol–water partition coefficient (Wildman–Crippen LogP) is 3.25. The molecule has 0 spiro atoms. The molecule has 5 nitrogen and oxygen atoms in total. The van der Waals surface area contributed by atoms with Crippen molar-refractivity contribution >= 4 is 29.4 Å². The van der Waals surface area contributed by atoms with Crippen LogP contribution in [0.2, 0.25) is 5.02 Å².